The Morgan fingerprint density at radius 1 is 0.974 bits per heavy atom. The molecular weight excluding hydrogens is 488 g/mol. The Hall–Kier alpha value is -4.66. The SMILES string of the molecule is COc1ccc(CCN2C(=O)c3oc4cc(C)c(C)cc4c(=O)c3C2c2cccc([N+](=O)[O-])c2)cc1OC. The fourth-order valence-corrected chi connectivity index (χ4v) is 4.95. The monoisotopic (exact) mass is 514 g/mol. The molecule has 1 aliphatic rings. The minimum Gasteiger partial charge on any atom is -0.493 e. The summed E-state index contributed by atoms with van der Waals surface area (Å²) in [4.78, 5) is 40.1. The normalized spacial score (nSPS) is 14.6. The van der Waals surface area contributed by atoms with E-state index in [0.717, 1.165) is 16.7 Å². The number of non-ortho nitro benzene ring substituents is 1. The number of nitro benzene ring substituents is 1. The molecule has 0 spiro atoms. The van der Waals surface area contributed by atoms with Crippen molar-refractivity contribution in [1.82, 2.24) is 4.90 Å². The molecule has 194 valence electrons. The van der Waals surface area contributed by atoms with Gasteiger partial charge in [-0.2, -0.15) is 0 Å². The first-order chi connectivity index (χ1) is 18.2. The number of ether oxygens (including phenoxy) is 2. The van der Waals surface area contributed by atoms with Gasteiger partial charge in [-0.3, -0.25) is 19.7 Å². The molecule has 1 unspecified atom stereocenters. The van der Waals surface area contributed by atoms with Crippen molar-refractivity contribution in [3.8, 4) is 11.5 Å². The number of nitrogens with zero attached hydrogens (tertiary/aromatic N) is 2. The van der Waals surface area contributed by atoms with Crippen LogP contribution in [0.5, 0.6) is 11.5 Å². The summed E-state index contributed by atoms with van der Waals surface area (Å²) in [5.41, 5.74) is 3.30. The Kier molecular flexibility index (Phi) is 6.36. The highest BCUT2D eigenvalue weighted by molar-refractivity contribution is 5.99. The fraction of sp³-hybridized carbons (Fsp3) is 0.241. The van der Waals surface area contributed by atoms with Gasteiger partial charge in [-0.15, -0.1) is 0 Å². The number of benzene rings is 3. The molecule has 1 aliphatic heterocycles. The van der Waals surface area contributed by atoms with E-state index < -0.39 is 16.9 Å². The summed E-state index contributed by atoms with van der Waals surface area (Å²) in [7, 11) is 3.10. The van der Waals surface area contributed by atoms with Crippen molar-refractivity contribution in [2.45, 2.75) is 26.3 Å². The molecule has 2 heterocycles. The molecule has 9 heteroatoms. The number of hydrogen-bond donors (Lipinski definition) is 0. The van der Waals surface area contributed by atoms with E-state index in [0.29, 0.717) is 34.5 Å². The summed E-state index contributed by atoms with van der Waals surface area (Å²) >= 11 is 0. The number of carbonyl (C=O) groups excluding carboxylic acids is 1. The predicted octanol–water partition coefficient (Wildman–Crippen LogP) is 5.12. The highest BCUT2D eigenvalue weighted by atomic mass is 16.6. The first-order valence-corrected chi connectivity index (χ1v) is 12.1. The first kappa shape index (κ1) is 25.0. The summed E-state index contributed by atoms with van der Waals surface area (Å²) in [5.74, 6) is 0.677. The van der Waals surface area contributed by atoms with Crippen LogP contribution < -0.4 is 14.9 Å². The first-order valence-electron chi connectivity index (χ1n) is 12.1. The average Bonchev–Trinajstić information content (AvgIpc) is 3.20. The number of methoxy groups -OCH3 is 2. The zero-order valence-electron chi connectivity index (χ0n) is 21.4. The van der Waals surface area contributed by atoms with E-state index >= 15 is 0 Å². The molecule has 0 saturated carbocycles. The van der Waals surface area contributed by atoms with Gasteiger partial charge in [0.25, 0.3) is 11.6 Å². The third-order valence-corrected chi connectivity index (χ3v) is 7.07. The van der Waals surface area contributed by atoms with Gasteiger partial charge in [-0.05, 0) is 66.8 Å². The second-order valence-corrected chi connectivity index (χ2v) is 9.30. The number of fused-ring (bicyclic) bond motifs is 2. The van der Waals surface area contributed by atoms with Crippen LogP contribution in [0.2, 0.25) is 0 Å². The van der Waals surface area contributed by atoms with E-state index in [9.17, 15) is 19.7 Å². The third kappa shape index (κ3) is 4.15. The Balaban J connectivity index is 1.63. The minimum absolute atomic E-state index is 0.0328. The second-order valence-electron chi connectivity index (χ2n) is 9.30. The van der Waals surface area contributed by atoms with E-state index in [-0.39, 0.29) is 29.0 Å². The van der Waals surface area contributed by atoms with Crippen molar-refractivity contribution in [2.24, 2.45) is 0 Å². The fourth-order valence-electron chi connectivity index (χ4n) is 4.95. The van der Waals surface area contributed by atoms with E-state index in [2.05, 4.69) is 0 Å². The zero-order chi connectivity index (χ0) is 27.1. The summed E-state index contributed by atoms with van der Waals surface area (Å²) < 4.78 is 16.8. The quantitative estimate of drug-likeness (QED) is 0.248. The van der Waals surface area contributed by atoms with Gasteiger partial charge in [-0.1, -0.05) is 18.2 Å². The van der Waals surface area contributed by atoms with Crippen LogP contribution in [0.25, 0.3) is 11.0 Å². The highest BCUT2D eigenvalue weighted by Crippen LogP contribution is 2.39. The lowest BCUT2D eigenvalue weighted by Gasteiger charge is -2.25. The number of amides is 1. The number of hydrogen-bond acceptors (Lipinski definition) is 7. The van der Waals surface area contributed by atoms with Gasteiger partial charge in [0.2, 0.25) is 5.76 Å². The molecule has 0 radical (unpaired) electrons. The average molecular weight is 515 g/mol. The van der Waals surface area contributed by atoms with Crippen molar-refractivity contribution in [2.75, 3.05) is 20.8 Å². The van der Waals surface area contributed by atoms with Gasteiger partial charge >= 0.3 is 0 Å². The summed E-state index contributed by atoms with van der Waals surface area (Å²) in [6, 6.07) is 14.2. The Morgan fingerprint density at radius 3 is 2.42 bits per heavy atom. The van der Waals surface area contributed by atoms with Crippen molar-refractivity contribution >= 4 is 22.6 Å². The van der Waals surface area contributed by atoms with E-state index in [1.165, 1.54) is 12.1 Å². The standard InChI is InChI=1S/C29H26N2O7/c1-16-12-21-23(13-17(16)2)38-28-25(27(21)32)26(19-6-5-7-20(15-19)31(34)35)30(29(28)33)11-10-18-8-9-22(36-3)24(14-18)37-4/h5-9,12-15,26H,10-11H2,1-4H3. The Bertz CT molecular complexity index is 1660. The van der Waals surface area contributed by atoms with Crippen LogP contribution in [0, 0.1) is 24.0 Å². The summed E-state index contributed by atoms with van der Waals surface area (Å²) in [6.45, 7) is 4.05. The predicted molar refractivity (Wildman–Crippen MR) is 141 cm³/mol. The van der Waals surface area contributed by atoms with Crippen LogP contribution >= 0.6 is 0 Å². The zero-order valence-corrected chi connectivity index (χ0v) is 21.4. The van der Waals surface area contributed by atoms with E-state index in [1.807, 2.05) is 26.0 Å². The molecule has 0 aliphatic carbocycles. The minimum atomic E-state index is -0.834. The van der Waals surface area contributed by atoms with Gasteiger partial charge in [0.1, 0.15) is 5.58 Å². The van der Waals surface area contributed by atoms with Crippen LogP contribution in [0.1, 0.15) is 44.4 Å². The molecule has 1 atom stereocenters. The van der Waals surface area contributed by atoms with Gasteiger partial charge in [0, 0.05) is 18.7 Å². The number of aryl methyl sites for hydroxylation is 2. The van der Waals surface area contributed by atoms with E-state index in [1.54, 1.807) is 49.5 Å². The molecule has 1 aromatic heterocycles. The van der Waals surface area contributed by atoms with Crippen molar-refractivity contribution in [3.05, 3.63) is 109 Å². The number of rotatable bonds is 7. The lowest BCUT2D eigenvalue weighted by atomic mass is 9.97. The van der Waals surface area contributed by atoms with Crippen LogP contribution in [-0.4, -0.2) is 36.5 Å². The van der Waals surface area contributed by atoms with Crippen molar-refractivity contribution in [1.29, 1.82) is 0 Å². The highest BCUT2D eigenvalue weighted by Gasteiger charge is 2.43. The van der Waals surface area contributed by atoms with Gasteiger partial charge in [0.05, 0.1) is 36.1 Å². The van der Waals surface area contributed by atoms with E-state index in [4.69, 9.17) is 13.9 Å². The van der Waals surface area contributed by atoms with Gasteiger partial charge in [-0.25, -0.2) is 0 Å². The van der Waals surface area contributed by atoms with Gasteiger partial charge < -0.3 is 18.8 Å². The Morgan fingerprint density at radius 2 is 1.71 bits per heavy atom. The van der Waals surface area contributed by atoms with Crippen molar-refractivity contribution < 1.29 is 23.6 Å². The van der Waals surface area contributed by atoms with Crippen LogP contribution in [-0.2, 0) is 6.42 Å². The summed E-state index contributed by atoms with van der Waals surface area (Å²) in [5, 5.41) is 11.9. The molecule has 0 bridgehead atoms. The lowest BCUT2D eigenvalue weighted by molar-refractivity contribution is -0.384. The molecule has 38 heavy (non-hydrogen) atoms. The van der Waals surface area contributed by atoms with Gasteiger partial charge in [0.15, 0.2) is 16.9 Å². The third-order valence-electron chi connectivity index (χ3n) is 7.07. The van der Waals surface area contributed by atoms with Crippen molar-refractivity contribution in [3.63, 3.8) is 0 Å². The maximum absolute atomic E-state index is 13.8. The molecule has 3 aromatic carbocycles. The lowest BCUT2D eigenvalue weighted by Crippen LogP contribution is -2.31. The maximum atomic E-state index is 13.8. The maximum Gasteiger partial charge on any atom is 0.290 e. The van der Waals surface area contributed by atoms with Crippen LogP contribution in [0.4, 0.5) is 5.69 Å². The van der Waals surface area contributed by atoms with Crippen LogP contribution in [0.15, 0.2) is 63.8 Å². The number of nitro groups is 1. The molecule has 0 fully saturated rings. The smallest absolute Gasteiger partial charge is 0.290 e. The largest absolute Gasteiger partial charge is 0.493 e. The second kappa shape index (κ2) is 9.66. The van der Waals surface area contributed by atoms with Crippen LogP contribution in [0.3, 0.4) is 0 Å². The molecule has 5 rings (SSSR count). The topological polar surface area (TPSA) is 112 Å². The molecule has 4 aromatic rings. The summed E-state index contributed by atoms with van der Waals surface area (Å²) in [6.07, 6.45) is 0.442. The number of carbonyl (C=O) groups is 1. The molecule has 9 nitrogen and oxygen atoms in total. The molecule has 1 amide bonds. The molecule has 0 N–H and O–H groups in total. The molecule has 0 saturated heterocycles. The Labute approximate surface area is 218 Å². The molecular formula is C29H26N2O7.